The van der Waals surface area contributed by atoms with E-state index < -0.39 is 10.0 Å². The number of benzene rings is 3. The number of carbonyl (C=O) groups is 1. The van der Waals surface area contributed by atoms with Crippen LogP contribution >= 0.6 is 11.6 Å². The highest BCUT2D eigenvalue weighted by molar-refractivity contribution is 7.92. The number of ether oxygens (including phenoxy) is 1. The third kappa shape index (κ3) is 6.47. The highest BCUT2D eigenvalue weighted by Crippen LogP contribution is 2.23. The van der Waals surface area contributed by atoms with Gasteiger partial charge in [0.05, 0.1) is 10.6 Å². The molecule has 8 heteroatoms. The van der Waals surface area contributed by atoms with Crippen LogP contribution in [-0.2, 0) is 21.4 Å². The van der Waals surface area contributed by atoms with Crippen LogP contribution in [0.3, 0.4) is 0 Å². The molecule has 2 N–H and O–H groups in total. The number of anilines is 1. The monoisotopic (exact) mass is 458 g/mol. The number of amides is 1. The third-order valence-electron chi connectivity index (χ3n) is 4.50. The summed E-state index contributed by atoms with van der Waals surface area (Å²) in [5.41, 5.74) is 3.36. The van der Waals surface area contributed by atoms with E-state index in [0.717, 1.165) is 16.7 Å². The van der Waals surface area contributed by atoms with Crippen LogP contribution in [0.5, 0.6) is 5.75 Å². The number of hydrogen-bond acceptors (Lipinski definition) is 4. The minimum absolute atomic E-state index is 0.0699. The molecule has 0 spiro atoms. The Morgan fingerprint density at radius 3 is 2.42 bits per heavy atom. The summed E-state index contributed by atoms with van der Waals surface area (Å²) < 4.78 is 33.1. The lowest BCUT2D eigenvalue weighted by atomic mass is 10.1. The first-order valence-electron chi connectivity index (χ1n) is 9.57. The fraction of sp³-hybridized carbons (Fsp3) is 0.174. The summed E-state index contributed by atoms with van der Waals surface area (Å²) in [7, 11) is -3.78. The zero-order valence-electron chi connectivity index (χ0n) is 17.2. The summed E-state index contributed by atoms with van der Waals surface area (Å²) in [5, 5.41) is 3.26. The van der Waals surface area contributed by atoms with Crippen LogP contribution in [0.15, 0.2) is 71.6 Å². The molecular weight excluding hydrogens is 436 g/mol. The van der Waals surface area contributed by atoms with Crippen molar-refractivity contribution in [3.63, 3.8) is 0 Å². The molecule has 0 saturated carbocycles. The maximum atomic E-state index is 12.6. The SMILES string of the molecule is Cc1cccc(CNC(=O)COc2ccc(S(=O)(=O)Nc3ccc(C)c(Cl)c3)cc2)c1. The zero-order valence-corrected chi connectivity index (χ0v) is 18.8. The fourth-order valence-electron chi connectivity index (χ4n) is 2.81. The fourth-order valence-corrected chi connectivity index (χ4v) is 4.04. The van der Waals surface area contributed by atoms with E-state index in [1.165, 1.54) is 24.3 Å². The summed E-state index contributed by atoms with van der Waals surface area (Å²) in [6.07, 6.45) is 0. The summed E-state index contributed by atoms with van der Waals surface area (Å²) in [6.45, 7) is 4.07. The third-order valence-corrected chi connectivity index (χ3v) is 6.30. The predicted octanol–water partition coefficient (Wildman–Crippen LogP) is 4.45. The van der Waals surface area contributed by atoms with Crippen molar-refractivity contribution in [2.45, 2.75) is 25.3 Å². The van der Waals surface area contributed by atoms with E-state index in [2.05, 4.69) is 10.0 Å². The number of rotatable bonds is 8. The Kier molecular flexibility index (Phi) is 7.20. The van der Waals surface area contributed by atoms with Crippen LogP contribution in [0.2, 0.25) is 5.02 Å². The second-order valence-electron chi connectivity index (χ2n) is 7.10. The van der Waals surface area contributed by atoms with Crippen molar-refractivity contribution in [2.24, 2.45) is 0 Å². The van der Waals surface area contributed by atoms with Gasteiger partial charge in [-0.3, -0.25) is 9.52 Å². The highest BCUT2D eigenvalue weighted by atomic mass is 35.5. The first-order valence-corrected chi connectivity index (χ1v) is 11.4. The highest BCUT2D eigenvalue weighted by Gasteiger charge is 2.15. The Morgan fingerprint density at radius 1 is 1.00 bits per heavy atom. The van der Waals surface area contributed by atoms with Crippen LogP contribution in [0.4, 0.5) is 5.69 Å². The smallest absolute Gasteiger partial charge is 0.261 e. The zero-order chi connectivity index (χ0) is 22.4. The summed E-state index contributed by atoms with van der Waals surface area (Å²) in [4.78, 5) is 12.1. The molecule has 0 fully saturated rings. The molecule has 0 radical (unpaired) electrons. The van der Waals surface area contributed by atoms with Crippen molar-refractivity contribution < 1.29 is 17.9 Å². The molecule has 1 amide bonds. The molecule has 3 aromatic carbocycles. The molecule has 6 nitrogen and oxygen atoms in total. The minimum Gasteiger partial charge on any atom is -0.484 e. The van der Waals surface area contributed by atoms with Gasteiger partial charge in [-0.05, 0) is 61.4 Å². The Hall–Kier alpha value is -3.03. The van der Waals surface area contributed by atoms with Crippen LogP contribution in [-0.4, -0.2) is 20.9 Å². The number of hydrogen-bond donors (Lipinski definition) is 2. The lowest BCUT2D eigenvalue weighted by Crippen LogP contribution is -2.28. The molecule has 0 unspecified atom stereocenters. The largest absolute Gasteiger partial charge is 0.484 e. The van der Waals surface area contributed by atoms with Gasteiger partial charge in [0.25, 0.3) is 15.9 Å². The van der Waals surface area contributed by atoms with Gasteiger partial charge in [0, 0.05) is 11.6 Å². The number of aryl methyl sites for hydroxylation is 2. The Balaban J connectivity index is 1.54. The van der Waals surface area contributed by atoms with E-state index in [4.69, 9.17) is 16.3 Å². The van der Waals surface area contributed by atoms with Crippen molar-refractivity contribution >= 4 is 33.2 Å². The first kappa shape index (κ1) is 22.7. The van der Waals surface area contributed by atoms with Gasteiger partial charge >= 0.3 is 0 Å². The molecule has 0 saturated heterocycles. The van der Waals surface area contributed by atoms with Crippen molar-refractivity contribution in [1.82, 2.24) is 5.32 Å². The summed E-state index contributed by atoms with van der Waals surface area (Å²) in [6, 6.07) is 18.6. The van der Waals surface area contributed by atoms with E-state index >= 15 is 0 Å². The van der Waals surface area contributed by atoms with E-state index in [0.29, 0.717) is 23.0 Å². The first-order chi connectivity index (χ1) is 14.7. The molecular formula is C23H23ClN2O4S. The summed E-state index contributed by atoms with van der Waals surface area (Å²) >= 11 is 6.05. The Morgan fingerprint density at radius 2 is 1.74 bits per heavy atom. The van der Waals surface area contributed by atoms with Gasteiger partial charge < -0.3 is 10.1 Å². The topological polar surface area (TPSA) is 84.5 Å². The van der Waals surface area contributed by atoms with E-state index in [1.807, 2.05) is 38.1 Å². The minimum atomic E-state index is -3.78. The molecule has 0 aliphatic rings. The molecule has 0 atom stereocenters. The van der Waals surface area contributed by atoms with Gasteiger partial charge in [0.15, 0.2) is 6.61 Å². The lowest BCUT2D eigenvalue weighted by molar-refractivity contribution is -0.123. The molecule has 0 heterocycles. The van der Waals surface area contributed by atoms with Crippen LogP contribution in [0.25, 0.3) is 0 Å². The normalized spacial score (nSPS) is 11.1. The van der Waals surface area contributed by atoms with Gasteiger partial charge in [-0.2, -0.15) is 0 Å². The quantitative estimate of drug-likeness (QED) is 0.522. The molecule has 31 heavy (non-hydrogen) atoms. The lowest BCUT2D eigenvalue weighted by Gasteiger charge is -2.11. The van der Waals surface area contributed by atoms with Crippen molar-refractivity contribution in [3.8, 4) is 5.75 Å². The van der Waals surface area contributed by atoms with E-state index in [1.54, 1.807) is 18.2 Å². The Bertz CT molecular complexity index is 1180. The molecule has 0 bridgehead atoms. The molecule has 162 valence electrons. The van der Waals surface area contributed by atoms with Crippen molar-refractivity contribution in [2.75, 3.05) is 11.3 Å². The predicted molar refractivity (Wildman–Crippen MR) is 122 cm³/mol. The van der Waals surface area contributed by atoms with E-state index in [-0.39, 0.29) is 17.4 Å². The molecule has 0 aliphatic carbocycles. The number of halogens is 1. The van der Waals surface area contributed by atoms with Crippen molar-refractivity contribution in [3.05, 3.63) is 88.4 Å². The number of carbonyl (C=O) groups excluding carboxylic acids is 1. The molecule has 0 aromatic heterocycles. The second-order valence-corrected chi connectivity index (χ2v) is 9.18. The van der Waals surface area contributed by atoms with Gasteiger partial charge in [0.2, 0.25) is 0 Å². The van der Waals surface area contributed by atoms with Crippen LogP contribution in [0.1, 0.15) is 16.7 Å². The van der Waals surface area contributed by atoms with Crippen LogP contribution in [0, 0.1) is 13.8 Å². The average molecular weight is 459 g/mol. The molecule has 3 aromatic rings. The van der Waals surface area contributed by atoms with Crippen molar-refractivity contribution in [1.29, 1.82) is 0 Å². The number of sulfonamides is 1. The molecule has 3 rings (SSSR count). The van der Waals surface area contributed by atoms with Gasteiger partial charge in [-0.15, -0.1) is 0 Å². The van der Waals surface area contributed by atoms with Gasteiger partial charge in [-0.1, -0.05) is 47.5 Å². The van der Waals surface area contributed by atoms with Crippen LogP contribution < -0.4 is 14.8 Å². The Labute approximate surface area is 187 Å². The number of nitrogens with one attached hydrogen (secondary N) is 2. The van der Waals surface area contributed by atoms with E-state index in [9.17, 15) is 13.2 Å². The standard InChI is InChI=1S/C23H23ClN2O4S/c1-16-4-3-5-18(12-16)14-25-23(27)15-30-20-8-10-21(11-9-20)31(28,29)26-19-7-6-17(2)22(24)13-19/h3-13,26H,14-15H2,1-2H3,(H,25,27). The van der Waals surface area contributed by atoms with Gasteiger partial charge in [0.1, 0.15) is 5.75 Å². The average Bonchev–Trinajstić information content (AvgIpc) is 2.73. The van der Waals surface area contributed by atoms with Gasteiger partial charge in [-0.25, -0.2) is 8.42 Å². The summed E-state index contributed by atoms with van der Waals surface area (Å²) in [5.74, 6) is 0.124. The molecule has 0 aliphatic heterocycles. The maximum Gasteiger partial charge on any atom is 0.261 e. The second kappa shape index (κ2) is 9.85. The maximum absolute atomic E-state index is 12.6.